The lowest BCUT2D eigenvalue weighted by molar-refractivity contribution is -0.919. The average molecular weight is 497 g/mol. The molecule has 0 radical (unpaired) electrons. The van der Waals surface area contributed by atoms with Crippen molar-refractivity contribution in [1.82, 2.24) is 0 Å². The molecular weight excluding hydrogens is 446 g/mol. The number of quaternary nitrogens is 1. The molecule has 2 rings (SSSR count). The standard InChI is InChI=1S/C32H50NO3/c1-5-7-8-9-10-11-12-13-15-19-28-22-18-23-30(26-28)35-24-25-36-32(34)31(6-2)33(3,4)27-29-20-16-14-17-21-29/h14,16-18,20-23,26,31H,5-13,15,19,24-25,27H2,1-4H3/q+1. The highest BCUT2D eigenvalue weighted by atomic mass is 16.6. The van der Waals surface area contributed by atoms with Gasteiger partial charge in [-0.1, -0.05) is 108 Å². The molecule has 4 nitrogen and oxygen atoms in total. The van der Waals surface area contributed by atoms with Crippen molar-refractivity contribution in [3.05, 3.63) is 65.7 Å². The lowest BCUT2D eigenvalue weighted by atomic mass is 10.0. The molecule has 0 fully saturated rings. The summed E-state index contributed by atoms with van der Waals surface area (Å²) in [6.07, 6.45) is 13.9. The zero-order chi connectivity index (χ0) is 26.1. The van der Waals surface area contributed by atoms with Crippen molar-refractivity contribution >= 4 is 5.97 Å². The molecule has 0 aromatic heterocycles. The number of hydrogen-bond donors (Lipinski definition) is 0. The Labute approximate surface area is 220 Å². The van der Waals surface area contributed by atoms with Gasteiger partial charge in [-0.05, 0) is 30.5 Å². The molecule has 0 saturated heterocycles. The van der Waals surface area contributed by atoms with E-state index in [9.17, 15) is 4.79 Å². The van der Waals surface area contributed by atoms with E-state index in [0.29, 0.717) is 11.1 Å². The number of carbonyl (C=O) groups excluding carboxylic acids is 1. The Morgan fingerprint density at radius 2 is 1.42 bits per heavy atom. The van der Waals surface area contributed by atoms with Crippen LogP contribution in [-0.2, 0) is 22.5 Å². The molecule has 0 N–H and O–H groups in total. The summed E-state index contributed by atoms with van der Waals surface area (Å²) in [6, 6.07) is 18.4. The largest absolute Gasteiger partial charge is 0.490 e. The summed E-state index contributed by atoms with van der Waals surface area (Å²) in [4.78, 5) is 12.8. The normalized spacial score (nSPS) is 12.3. The van der Waals surface area contributed by atoms with Gasteiger partial charge in [0.1, 0.15) is 25.5 Å². The first kappa shape index (κ1) is 29.9. The van der Waals surface area contributed by atoms with E-state index in [-0.39, 0.29) is 18.6 Å². The second-order valence-electron chi connectivity index (χ2n) is 10.6. The minimum Gasteiger partial charge on any atom is -0.490 e. The number of hydrogen-bond acceptors (Lipinski definition) is 3. The first-order valence-corrected chi connectivity index (χ1v) is 14.2. The number of ether oxygens (including phenoxy) is 2. The second-order valence-corrected chi connectivity index (χ2v) is 10.6. The Kier molecular flexibility index (Phi) is 14.3. The fourth-order valence-corrected chi connectivity index (χ4v) is 4.94. The van der Waals surface area contributed by atoms with Gasteiger partial charge in [0.25, 0.3) is 0 Å². The minimum atomic E-state index is -0.204. The third-order valence-corrected chi connectivity index (χ3v) is 7.00. The van der Waals surface area contributed by atoms with Crippen molar-refractivity contribution < 1.29 is 18.8 Å². The number of carbonyl (C=O) groups is 1. The van der Waals surface area contributed by atoms with Gasteiger partial charge >= 0.3 is 5.97 Å². The van der Waals surface area contributed by atoms with Gasteiger partial charge in [0.15, 0.2) is 6.04 Å². The van der Waals surface area contributed by atoms with Gasteiger partial charge in [0.05, 0.1) is 14.1 Å². The van der Waals surface area contributed by atoms with Crippen LogP contribution in [0.4, 0.5) is 0 Å². The van der Waals surface area contributed by atoms with Crippen LogP contribution in [0.1, 0.15) is 89.2 Å². The molecule has 0 heterocycles. The number of aryl methyl sites for hydroxylation is 1. The van der Waals surface area contributed by atoms with E-state index in [2.05, 4.69) is 51.4 Å². The quantitative estimate of drug-likeness (QED) is 0.113. The van der Waals surface area contributed by atoms with Crippen LogP contribution in [0.3, 0.4) is 0 Å². The molecule has 0 aliphatic rings. The van der Waals surface area contributed by atoms with Gasteiger partial charge in [-0.2, -0.15) is 0 Å². The fourth-order valence-electron chi connectivity index (χ4n) is 4.94. The summed E-state index contributed by atoms with van der Waals surface area (Å²) in [5.41, 5.74) is 2.54. The molecule has 2 aromatic rings. The number of benzene rings is 2. The molecule has 200 valence electrons. The Balaban J connectivity index is 1.66. The molecule has 2 aromatic carbocycles. The van der Waals surface area contributed by atoms with E-state index >= 15 is 0 Å². The van der Waals surface area contributed by atoms with Gasteiger partial charge in [-0.25, -0.2) is 4.79 Å². The number of nitrogens with zero attached hydrogens (tertiary/aromatic N) is 1. The minimum absolute atomic E-state index is 0.152. The molecule has 4 heteroatoms. The lowest BCUT2D eigenvalue weighted by Crippen LogP contribution is -2.52. The average Bonchev–Trinajstić information content (AvgIpc) is 2.86. The van der Waals surface area contributed by atoms with Crippen LogP contribution < -0.4 is 4.74 Å². The molecule has 0 spiro atoms. The molecule has 36 heavy (non-hydrogen) atoms. The molecule has 0 aliphatic carbocycles. The van der Waals surface area contributed by atoms with Gasteiger partial charge < -0.3 is 14.0 Å². The highest BCUT2D eigenvalue weighted by Crippen LogP contribution is 2.19. The molecular formula is C32H50NO3+. The van der Waals surface area contributed by atoms with Crippen LogP contribution in [0, 0.1) is 0 Å². The highest BCUT2D eigenvalue weighted by Gasteiger charge is 2.34. The molecule has 0 aliphatic heterocycles. The first-order chi connectivity index (χ1) is 17.5. The Bertz CT molecular complexity index is 849. The van der Waals surface area contributed by atoms with Crippen molar-refractivity contribution in [3.63, 3.8) is 0 Å². The van der Waals surface area contributed by atoms with Gasteiger partial charge in [0.2, 0.25) is 0 Å². The monoisotopic (exact) mass is 496 g/mol. The van der Waals surface area contributed by atoms with Crippen molar-refractivity contribution in [2.75, 3.05) is 27.3 Å². The summed E-state index contributed by atoms with van der Waals surface area (Å²) in [7, 11) is 4.19. The zero-order valence-corrected chi connectivity index (χ0v) is 23.3. The van der Waals surface area contributed by atoms with E-state index < -0.39 is 0 Å². The first-order valence-electron chi connectivity index (χ1n) is 14.2. The van der Waals surface area contributed by atoms with E-state index in [1.165, 1.54) is 68.9 Å². The molecule has 0 saturated carbocycles. The molecule has 1 unspecified atom stereocenters. The van der Waals surface area contributed by atoms with Crippen LogP contribution in [-0.4, -0.2) is 43.8 Å². The highest BCUT2D eigenvalue weighted by molar-refractivity contribution is 5.74. The maximum Gasteiger partial charge on any atom is 0.365 e. The Hall–Kier alpha value is -2.33. The maximum absolute atomic E-state index is 12.8. The number of esters is 1. The van der Waals surface area contributed by atoms with Gasteiger partial charge in [-0.3, -0.25) is 0 Å². The summed E-state index contributed by atoms with van der Waals surface area (Å²) >= 11 is 0. The Morgan fingerprint density at radius 1 is 0.778 bits per heavy atom. The summed E-state index contributed by atoms with van der Waals surface area (Å²) in [6.45, 7) is 5.74. The smallest absolute Gasteiger partial charge is 0.365 e. The van der Waals surface area contributed by atoms with Crippen LogP contribution in [0.2, 0.25) is 0 Å². The Morgan fingerprint density at radius 3 is 2.08 bits per heavy atom. The molecule has 0 amide bonds. The predicted molar refractivity (Wildman–Crippen MR) is 150 cm³/mol. The zero-order valence-electron chi connectivity index (χ0n) is 23.3. The van der Waals surface area contributed by atoms with Gasteiger partial charge in [-0.15, -0.1) is 0 Å². The van der Waals surface area contributed by atoms with E-state index in [1.807, 2.05) is 31.2 Å². The number of unbranched alkanes of at least 4 members (excludes halogenated alkanes) is 8. The topological polar surface area (TPSA) is 35.5 Å². The van der Waals surface area contributed by atoms with Crippen molar-refractivity contribution in [3.8, 4) is 5.75 Å². The third-order valence-electron chi connectivity index (χ3n) is 7.00. The number of likely N-dealkylation sites (N-methyl/N-ethyl adjacent to an activating group) is 1. The molecule has 0 bridgehead atoms. The second kappa shape index (κ2) is 17.2. The summed E-state index contributed by atoms with van der Waals surface area (Å²) < 4.78 is 12.1. The SMILES string of the molecule is CCCCCCCCCCCc1cccc(OCCOC(=O)C(CC)[N+](C)(C)Cc2ccccc2)c1. The fraction of sp³-hybridized carbons (Fsp3) is 0.594. The van der Waals surface area contributed by atoms with Crippen molar-refractivity contribution in [1.29, 1.82) is 0 Å². The van der Waals surface area contributed by atoms with Crippen molar-refractivity contribution in [2.24, 2.45) is 0 Å². The van der Waals surface area contributed by atoms with E-state index in [4.69, 9.17) is 9.47 Å². The maximum atomic E-state index is 12.8. The lowest BCUT2D eigenvalue weighted by Gasteiger charge is -2.36. The summed E-state index contributed by atoms with van der Waals surface area (Å²) in [5, 5.41) is 0. The van der Waals surface area contributed by atoms with Crippen LogP contribution in [0.5, 0.6) is 5.75 Å². The van der Waals surface area contributed by atoms with Crippen LogP contribution in [0.25, 0.3) is 0 Å². The summed E-state index contributed by atoms with van der Waals surface area (Å²) in [5.74, 6) is 0.702. The van der Waals surface area contributed by atoms with Crippen LogP contribution >= 0.6 is 0 Å². The van der Waals surface area contributed by atoms with Crippen molar-refractivity contribution in [2.45, 2.75) is 97.1 Å². The van der Waals surface area contributed by atoms with Crippen LogP contribution in [0.15, 0.2) is 54.6 Å². The number of rotatable bonds is 19. The third kappa shape index (κ3) is 11.6. The van der Waals surface area contributed by atoms with E-state index in [1.54, 1.807) is 0 Å². The van der Waals surface area contributed by atoms with E-state index in [0.717, 1.165) is 25.1 Å². The van der Waals surface area contributed by atoms with Gasteiger partial charge in [0, 0.05) is 12.0 Å². The predicted octanol–water partition coefficient (Wildman–Crippen LogP) is 7.74. The molecule has 1 atom stereocenters.